The normalized spacial score (nSPS) is 10.9. The zero-order valence-electron chi connectivity index (χ0n) is 16.5. The summed E-state index contributed by atoms with van der Waals surface area (Å²) >= 11 is 5.79. The number of hydrogen-bond acceptors (Lipinski definition) is 4. The highest BCUT2D eigenvalue weighted by atomic mass is 35.5. The van der Waals surface area contributed by atoms with Crippen molar-refractivity contribution in [2.45, 2.75) is 6.92 Å². The number of carbonyl (C=O) groups excluding carboxylic acids is 1. The number of carbonyl (C=O) groups is 1. The molecule has 6 heteroatoms. The molecule has 2 heterocycles. The number of nitrogens with zero attached hydrogens (tertiary/aromatic N) is 3. The van der Waals surface area contributed by atoms with Crippen molar-refractivity contribution in [3.63, 3.8) is 0 Å². The van der Waals surface area contributed by atoms with Crippen LogP contribution in [0.5, 0.6) is 0 Å². The third-order valence-corrected chi connectivity index (χ3v) is 5.39. The van der Waals surface area contributed by atoms with Crippen LogP contribution in [0.1, 0.15) is 27.3 Å². The lowest BCUT2D eigenvalue weighted by Gasteiger charge is -2.12. The lowest BCUT2D eigenvalue weighted by Crippen LogP contribution is -2.21. The van der Waals surface area contributed by atoms with E-state index < -0.39 is 0 Å². The molecule has 4 aromatic rings. The molecule has 0 saturated carbocycles. The van der Waals surface area contributed by atoms with Gasteiger partial charge in [-0.05, 0) is 47.9 Å². The van der Waals surface area contributed by atoms with Gasteiger partial charge in [-0.2, -0.15) is 0 Å². The van der Waals surface area contributed by atoms with E-state index in [0.717, 1.165) is 16.7 Å². The molecule has 4 rings (SSSR count). The first-order valence-electron chi connectivity index (χ1n) is 9.30. The highest BCUT2D eigenvalue weighted by Crippen LogP contribution is 2.28. The Morgan fingerprint density at radius 2 is 1.77 bits per heavy atom. The second-order valence-corrected chi connectivity index (χ2v) is 7.33. The Labute approximate surface area is 178 Å². The van der Waals surface area contributed by atoms with Crippen LogP contribution in [0.2, 0.25) is 5.15 Å². The monoisotopic (exact) mass is 415 g/mol. The van der Waals surface area contributed by atoms with Crippen molar-refractivity contribution in [2.75, 3.05) is 0 Å². The Morgan fingerprint density at radius 1 is 1.07 bits per heavy atom. The molecule has 0 bridgehead atoms. The van der Waals surface area contributed by atoms with Crippen LogP contribution in [-0.2, 0) is 7.05 Å². The van der Waals surface area contributed by atoms with Gasteiger partial charge in [0, 0.05) is 24.4 Å². The van der Waals surface area contributed by atoms with Crippen molar-refractivity contribution in [2.24, 2.45) is 7.05 Å². The third-order valence-electron chi connectivity index (χ3n) is 5.17. The molecule has 0 spiro atoms. The van der Waals surface area contributed by atoms with Crippen molar-refractivity contribution in [1.29, 1.82) is 0 Å². The minimum atomic E-state index is -0.129. The molecule has 0 saturated heterocycles. The van der Waals surface area contributed by atoms with Gasteiger partial charge in [0.25, 0.3) is 5.56 Å². The molecule has 5 nitrogen and oxygen atoms in total. The van der Waals surface area contributed by atoms with E-state index in [4.69, 9.17) is 11.6 Å². The molecular formula is C24H18ClN3O2. The highest BCUT2D eigenvalue weighted by Gasteiger charge is 2.14. The van der Waals surface area contributed by atoms with Crippen LogP contribution in [0, 0.1) is 6.92 Å². The van der Waals surface area contributed by atoms with Crippen molar-refractivity contribution < 1.29 is 4.79 Å². The number of halogens is 1. The summed E-state index contributed by atoms with van der Waals surface area (Å²) < 4.78 is 1.49. The van der Waals surface area contributed by atoms with Gasteiger partial charge >= 0.3 is 0 Å². The van der Waals surface area contributed by atoms with E-state index in [1.54, 1.807) is 37.4 Å². The summed E-state index contributed by atoms with van der Waals surface area (Å²) in [6.45, 7) is 5.63. The van der Waals surface area contributed by atoms with Crippen LogP contribution < -0.4 is 5.56 Å². The Morgan fingerprint density at radius 3 is 2.40 bits per heavy atom. The van der Waals surface area contributed by atoms with Crippen molar-refractivity contribution in [3.8, 4) is 11.1 Å². The molecule has 2 aromatic heterocycles. The summed E-state index contributed by atoms with van der Waals surface area (Å²) in [5.41, 5.74) is 4.22. The molecule has 0 N–H and O–H groups in total. The fourth-order valence-corrected chi connectivity index (χ4v) is 3.62. The first-order valence-corrected chi connectivity index (χ1v) is 9.68. The van der Waals surface area contributed by atoms with E-state index in [-0.39, 0.29) is 11.3 Å². The molecule has 148 valence electrons. The van der Waals surface area contributed by atoms with Gasteiger partial charge in [0.15, 0.2) is 5.78 Å². The molecule has 0 unspecified atom stereocenters. The lowest BCUT2D eigenvalue weighted by molar-refractivity contribution is 0.103. The second-order valence-electron chi connectivity index (χ2n) is 6.95. The average molecular weight is 416 g/mol. The molecule has 0 aliphatic rings. The average Bonchev–Trinajstić information content (AvgIpc) is 2.76. The Hall–Kier alpha value is -3.57. The predicted octanol–water partition coefficient (Wildman–Crippen LogP) is 4.83. The first kappa shape index (κ1) is 19.7. The van der Waals surface area contributed by atoms with E-state index in [2.05, 4.69) is 16.5 Å². The van der Waals surface area contributed by atoms with Crippen LogP contribution in [0.15, 0.2) is 66.1 Å². The number of fused-ring (bicyclic) bond motifs is 1. The first-order chi connectivity index (χ1) is 14.4. The molecule has 0 amide bonds. The molecule has 0 fully saturated rings. The fourth-order valence-electron chi connectivity index (χ4n) is 3.50. The van der Waals surface area contributed by atoms with E-state index >= 15 is 0 Å². The third kappa shape index (κ3) is 3.33. The van der Waals surface area contributed by atoms with Crippen LogP contribution in [0.4, 0.5) is 0 Å². The zero-order chi connectivity index (χ0) is 21.4. The number of aromatic nitrogens is 3. The molecule has 0 atom stereocenters. The molecule has 0 aliphatic heterocycles. The number of rotatable bonds is 4. The van der Waals surface area contributed by atoms with Gasteiger partial charge in [0.2, 0.25) is 0 Å². The second kappa shape index (κ2) is 7.69. The summed E-state index contributed by atoms with van der Waals surface area (Å²) in [5.74, 6) is 0.398. The van der Waals surface area contributed by atoms with Gasteiger partial charge in [-0.15, -0.1) is 0 Å². The van der Waals surface area contributed by atoms with Crippen LogP contribution in [0.25, 0.3) is 28.1 Å². The van der Waals surface area contributed by atoms with Gasteiger partial charge in [-0.1, -0.05) is 48.5 Å². The maximum Gasteiger partial charge on any atom is 0.261 e. The van der Waals surface area contributed by atoms with Gasteiger partial charge in [0.1, 0.15) is 11.0 Å². The van der Waals surface area contributed by atoms with Gasteiger partial charge in [0.05, 0.1) is 10.9 Å². The maximum absolute atomic E-state index is 12.9. The van der Waals surface area contributed by atoms with Gasteiger partial charge < -0.3 is 0 Å². The van der Waals surface area contributed by atoms with Gasteiger partial charge in [-0.25, -0.2) is 9.97 Å². The number of aryl methyl sites for hydroxylation is 1. The number of hydrogen-bond donors (Lipinski definition) is 0. The lowest BCUT2D eigenvalue weighted by atomic mass is 9.95. The van der Waals surface area contributed by atoms with E-state index in [1.165, 1.54) is 10.8 Å². The summed E-state index contributed by atoms with van der Waals surface area (Å²) in [6.07, 6.45) is 3.03. The van der Waals surface area contributed by atoms with Crippen molar-refractivity contribution >= 4 is 34.4 Å². The summed E-state index contributed by atoms with van der Waals surface area (Å²) in [4.78, 5) is 34.0. The smallest absolute Gasteiger partial charge is 0.261 e. The topological polar surface area (TPSA) is 64.8 Å². The Kier molecular flexibility index (Phi) is 5.06. The quantitative estimate of drug-likeness (QED) is 0.353. The predicted molar refractivity (Wildman–Crippen MR) is 120 cm³/mol. The summed E-state index contributed by atoms with van der Waals surface area (Å²) in [7, 11) is 1.68. The molecule has 30 heavy (non-hydrogen) atoms. The van der Waals surface area contributed by atoms with Crippen molar-refractivity contribution in [3.05, 3.63) is 99.3 Å². The molecule has 2 aromatic carbocycles. The zero-order valence-corrected chi connectivity index (χ0v) is 17.3. The number of benzene rings is 2. The molecule has 0 radical (unpaired) electrons. The minimum Gasteiger partial charge on any atom is -0.296 e. The summed E-state index contributed by atoms with van der Waals surface area (Å²) in [5, 5.41) is 0.919. The highest BCUT2D eigenvalue weighted by molar-refractivity contribution is 6.29. The van der Waals surface area contributed by atoms with Crippen LogP contribution in [-0.4, -0.2) is 20.3 Å². The van der Waals surface area contributed by atoms with Crippen LogP contribution in [0.3, 0.4) is 0 Å². The SMILES string of the molecule is C=Cc1nc2ccc(-c3ccc(C(=O)c4ccc(Cl)nc4)cc3)c(C)c2c(=O)n1C. The maximum atomic E-state index is 12.9. The standard InChI is InChI=1S/C24H18ClN3O2/c1-4-21-27-19-11-10-18(14(2)22(19)24(30)28(21)3)15-5-7-16(8-6-15)23(29)17-9-12-20(25)26-13-17/h4-13H,1H2,2-3H3. The van der Waals surface area contributed by atoms with E-state index in [1.807, 2.05) is 31.2 Å². The Balaban J connectivity index is 1.76. The minimum absolute atomic E-state index is 0.115. The number of ketones is 1. The van der Waals surface area contributed by atoms with Crippen LogP contribution >= 0.6 is 11.6 Å². The molecule has 0 aliphatic carbocycles. The van der Waals surface area contributed by atoms with E-state index in [9.17, 15) is 9.59 Å². The Bertz CT molecular complexity index is 1350. The molecular weight excluding hydrogens is 398 g/mol. The van der Waals surface area contributed by atoms with Crippen molar-refractivity contribution in [1.82, 2.24) is 14.5 Å². The van der Waals surface area contributed by atoms with Gasteiger partial charge in [-0.3, -0.25) is 14.2 Å². The fraction of sp³-hybridized carbons (Fsp3) is 0.0833. The largest absolute Gasteiger partial charge is 0.296 e. The number of pyridine rings is 1. The van der Waals surface area contributed by atoms with E-state index in [0.29, 0.717) is 33.0 Å². The summed E-state index contributed by atoms with van der Waals surface area (Å²) in [6, 6.07) is 14.3.